The van der Waals surface area contributed by atoms with Gasteiger partial charge in [0, 0.05) is 64.1 Å². The van der Waals surface area contributed by atoms with Crippen molar-refractivity contribution in [3.05, 3.63) is 164 Å². The highest BCUT2D eigenvalue weighted by molar-refractivity contribution is 7.26. The summed E-state index contributed by atoms with van der Waals surface area (Å²) in [6, 6.07) is 55.1. The molecule has 12 aromatic rings. The zero-order valence-corrected chi connectivity index (χ0v) is 30.9. The van der Waals surface area contributed by atoms with Crippen LogP contribution in [0.15, 0.2) is 173 Å². The molecule has 0 N–H and O–H groups in total. The first-order chi connectivity index (χ1) is 28.2. The number of rotatable bonds is 5. The van der Waals surface area contributed by atoms with E-state index < -0.39 is 0 Å². The number of nitrogens with zero attached hydrogens (tertiary/aromatic N) is 5. The minimum absolute atomic E-state index is 0.557. The number of furan rings is 2. The molecule has 0 aliphatic carbocycles. The highest BCUT2D eigenvalue weighted by atomic mass is 32.1. The quantitative estimate of drug-likeness (QED) is 0.173. The Hall–Kier alpha value is -7.55. The maximum atomic E-state index is 6.84. The average molecular weight is 750 g/mol. The minimum atomic E-state index is 0.557. The smallest absolute Gasteiger partial charge is 0.180 e. The van der Waals surface area contributed by atoms with Gasteiger partial charge in [-0.15, -0.1) is 11.3 Å². The molecule has 5 aromatic heterocycles. The van der Waals surface area contributed by atoms with Crippen LogP contribution >= 0.6 is 11.3 Å². The molecule has 0 fully saturated rings. The van der Waals surface area contributed by atoms with Gasteiger partial charge in [0.1, 0.15) is 28.0 Å². The number of hydrogen-bond acceptors (Lipinski definition) is 8. The summed E-state index contributed by atoms with van der Waals surface area (Å²) >= 11 is 1.76. The van der Waals surface area contributed by atoms with Gasteiger partial charge in [0.15, 0.2) is 28.9 Å². The second-order valence-corrected chi connectivity index (χ2v) is 15.0. The molecule has 0 bridgehead atoms. The maximum absolute atomic E-state index is 6.84. The van der Waals surface area contributed by atoms with E-state index in [9.17, 15) is 0 Å². The molecule has 5 heterocycles. The lowest BCUT2D eigenvalue weighted by atomic mass is 10.0. The van der Waals surface area contributed by atoms with E-state index in [2.05, 4.69) is 60.7 Å². The van der Waals surface area contributed by atoms with Crippen molar-refractivity contribution < 1.29 is 8.83 Å². The zero-order chi connectivity index (χ0) is 37.5. The van der Waals surface area contributed by atoms with Crippen molar-refractivity contribution in [2.45, 2.75) is 0 Å². The van der Waals surface area contributed by atoms with E-state index in [1.54, 1.807) is 11.3 Å². The molecule has 0 unspecified atom stereocenters. The SMILES string of the molecule is c1ccc(-c2nc(-c3ccccc3)nc(-c3cccc4oc5c(-c6nc(-c7cccc8c7sc7ccccc78)nc7c6oc6ccccc67)cccc5c34)n2)cc1. The zero-order valence-electron chi connectivity index (χ0n) is 30.0. The largest absolute Gasteiger partial charge is 0.455 e. The summed E-state index contributed by atoms with van der Waals surface area (Å²) < 4.78 is 15.8. The molecule has 0 saturated carbocycles. The predicted molar refractivity (Wildman–Crippen MR) is 230 cm³/mol. The van der Waals surface area contributed by atoms with Crippen LogP contribution in [0.2, 0.25) is 0 Å². The van der Waals surface area contributed by atoms with Gasteiger partial charge in [0.25, 0.3) is 0 Å². The average Bonchev–Trinajstić information content (AvgIpc) is 3.98. The molecule has 0 saturated heterocycles. The van der Waals surface area contributed by atoms with Crippen molar-refractivity contribution in [2.24, 2.45) is 0 Å². The molecular weight excluding hydrogens is 723 g/mol. The maximum Gasteiger partial charge on any atom is 0.180 e. The Balaban J connectivity index is 1.11. The van der Waals surface area contributed by atoms with E-state index in [1.807, 2.05) is 103 Å². The van der Waals surface area contributed by atoms with Gasteiger partial charge < -0.3 is 8.83 Å². The summed E-state index contributed by atoms with van der Waals surface area (Å²) in [6.07, 6.45) is 0. The Morgan fingerprint density at radius 2 is 0.930 bits per heavy atom. The van der Waals surface area contributed by atoms with Crippen LogP contribution in [0.1, 0.15) is 0 Å². The molecule has 7 nitrogen and oxygen atoms in total. The van der Waals surface area contributed by atoms with Crippen LogP contribution in [0, 0.1) is 0 Å². The third-order valence-electron chi connectivity index (χ3n) is 10.6. The first-order valence-corrected chi connectivity index (χ1v) is 19.5. The molecule has 8 heteroatoms. The molecule has 0 atom stereocenters. The van der Waals surface area contributed by atoms with Crippen LogP contribution in [-0.2, 0) is 0 Å². The fourth-order valence-electron chi connectivity index (χ4n) is 7.97. The van der Waals surface area contributed by atoms with Crippen molar-refractivity contribution in [1.29, 1.82) is 0 Å². The van der Waals surface area contributed by atoms with Crippen LogP contribution in [0.3, 0.4) is 0 Å². The van der Waals surface area contributed by atoms with Gasteiger partial charge in [-0.05, 0) is 36.4 Å². The van der Waals surface area contributed by atoms with Crippen molar-refractivity contribution in [1.82, 2.24) is 24.9 Å². The summed E-state index contributed by atoms with van der Waals surface area (Å²) in [5.41, 5.74) is 8.60. The Labute approximate surface area is 328 Å². The molecule has 12 rings (SSSR count). The first kappa shape index (κ1) is 31.8. The monoisotopic (exact) mass is 749 g/mol. The third-order valence-corrected chi connectivity index (χ3v) is 11.8. The lowest BCUT2D eigenvalue weighted by Crippen LogP contribution is -2.00. The van der Waals surface area contributed by atoms with E-state index in [4.69, 9.17) is 33.8 Å². The Morgan fingerprint density at radius 3 is 1.72 bits per heavy atom. The van der Waals surface area contributed by atoms with E-state index >= 15 is 0 Å². The molecule has 0 aliphatic rings. The van der Waals surface area contributed by atoms with Gasteiger partial charge in [0.2, 0.25) is 0 Å². The second kappa shape index (κ2) is 12.5. The number of thiophene rings is 1. The highest BCUT2D eigenvalue weighted by Gasteiger charge is 2.24. The third kappa shape index (κ3) is 5.01. The number of hydrogen-bond donors (Lipinski definition) is 0. The van der Waals surface area contributed by atoms with Crippen molar-refractivity contribution in [3.8, 4) is 56.8 Å². The molecule has 0 radical (unpaired) electrons. The predicted octanol–water partition coefficient (Wildman–Crippen LogP) is 13.2. The standard InChI is InChI=1S/C49H27N5O2S/c1-3-14-28(15-4-1)46-52-47(29-16-5-2-6-17-29)54-48(53-46)34-22-13-26-38-40(34)33-21-12-23-35(43(33)56-38)42-44-41(32-19-7-9-25-37(32)55-44)50-49(51-42)36-24-11-20-31-30-18-8-10-27-39(30)57-45(31)36/h1-27H. The van der Waals surface area contributed by atoms with Crippen LogP contribution in [-0.4, -0.2) is 24.9 Å². The fourth-order valence-corrected chi connectivity index (χ4v) is 9.18. The van der Waals surface area contributed by atoms with Crippen LogP contribution < -0.4 is 0 Å². The Kier molecular flexibility index (Phi) is 6.96. The van der Waals surface area contributed by atoms with Gasteiger partial charge >= 0.3 is 0 Å². The summed E-state index contributed by atoms with van der Waals surface area (Å²) in [4.78, 5) is 25.7. The molecule has 0 spiro atoms. The van der Waals surface area contributed by atoms with Crippen molar-refractivity contribution in [3.63, 3.8) is 0 Å². The lowest BCUT2D eigenvalue weighted by molar-refractivity contribution is 0.663. The molecule has 7 aromatic carbocycles. The van der Waals surface area contributed by atoms with Gasteiger partial charge in [-0.2, -0.15) is 0 Å². The van der Waals surface area contributed by atoms with Crippen LogP contribution in [0.25, 0.3) is 121 Å². The Bertz CT molecular complexity index is 3480. The molecule has 57 heavy (non-hydrogen) atoms. The van der Waals surface area contributed by atoms with E-state index in [1.165, 1.54) is 15.5 Å². The van der Waals surface area contributed by atoms with Crippen LogP contribution in [0.5, 0.6) is 0 Å². The Morgan fingerprint density at radius 1 is 0.368 bits per heavy atom. The van der Waals surface area contributed by atoms with Gasteiger partial charge in [-0.1, -0.05) is 127 Å². The van der Waals surface area contributed by atoms with Gasteiger partial charge in [-0.25, -0.2) is 24.9 Å². The number of fused-ring (bicyclic) bond motifs is 9. The van der Waals surface area contributed by atoms with Crippen molar-refractivity contribution >= 4 is 75.5 Å². The summed E-state index contributed by atoms with van der Waals surface area (Å²) in [5.74, 6) is 2.38. The molecule has 266 valence electrons. The lowest BCUT2D eigenvalue weighted by Gasteiger charge is -2.09. The normalized spacial score (nSPS) is 11.9. The first-order valence-electron chi connectivity index (χ1n) is 18.7. The second-order valence-electron chi connectivity index (χ2n) is 14.0. The van der Waals surface area contributed by atoms with Gasteiger partial charge in [-0.3, -0.25) is 0 Å². The molecule has 0 amide bonds. The number of benzene rings is 7. The topological polar surface area (TPSA) is 90.7 Å². The number of aromatic nitrogens is 5. The minimum Gasteiger partial charge on any atom is -0.455 e. The molecular formula is C49H27N5O2S. The number of para-hydroxylation sites is 2. The molecule has 0 aliphatic heterocycles. The fraction of sp³-hybridized carbons (Fsp3) is 0. The van der Waals surface area contributed by atoms with Gasteiger partial charge in [0.05, 0.1) is 0 Å². The van der Waals surface area contributed by atoms with E-state index in [0.29, 0.717) is 45.7 Å². The van der Waals surface area contributed by atoms with E-state index in [0.717, 1.165) is 59.8 Å². The highest BCUT2D eigenvalue weighted by Crippen LogP contribution is 2.45. The summed E-state index contributed by atoms with van der Waals surface area (Å²) in [7, 11) is 0. The summed E-state index contributed by atoms with van der Waals surface area (Å²) in [5, 5.41) is 5.16. The van der Waals surface area contributed by atoms with Crippen molar-refractivity contribution in [2.75, 3.05) is 0 Å². The summed E-state index contributed by atoms with van der Waals surface area (Å²) in [6.45, 7) is 0. The van der Waals surface area contributed by atoms with E-state index in [-0.39, 0.29) is 0 Å². The van der Waals surface area contributed by atoms with Crippen LogP contribution in [0.4, 0.5) is 0 Å².